The Morgan fingerprint density at radius 1 is 1.18 bits per heavy atom. The molecule has 1 aromatic rings. The number of nitrogens with one attached hydrogen (secondary N) is 2. The van der Waals surface area contributed by atoms with Crippen LogP contribution in [0.15, 0.2) is 9.59 Å². The summed E-state index contributed by atoms with van der Waals surface area (Å²) in [6.07, 6.45) is 4.84. The van der Waals surface area contributed by atoms with Gasteiger partial charge in [0.05, 0.1) is 13.2 Å². The molecule has 0 radical (unpaired) electrons. The highest BCUT2D eigenvalue weighted by Gasteiger charge is 2.63. The lowest BCUT2D eigenvalue weighted by Crippen LogP contribution is -2.68. The Hall–Kier alpha value is -3.15. The number of nitrogen functional groups attached to an aromatic ring is 1. The van der Waals surface area contributed by atoms with Gasteiger partial charge >= 0.3 is 11.7 Å². The van der Waals surface area contributed by atoms with Crippen molar-refractivity contribution in [2.45, 2.75) is 76.0 Å². The van der Waals surface area contributed by atoms with Gasteiger partial charge in [0.25, 0.3) is 11.5 Å². The lowest BCUT2D eigenvalue weighted by atomic mass is 9.57. The maximum atomic E-state index is 13.1. The zero-order valence-electron chi connectivity index (χ0n) is 19.1. The number of ether oxygens (including phenoxy) is 1. The predicted molar refractivity (Wildman–Crippen MR) is 120 cm³/mol. The average molecular weight is 475 g/mol. The van der Waals surface area contributed by atoms with Gasteiger partial charge in [-0.25, -0.2) is 9.59 Å². The Bertz CT molecular complexity index is 1180. The van der Waals surface area contributed by atoms with E-state index in [2.05, 4.69) is 5.32 Å². The van der Waals surface area contributed by atoms with Crippen LogP contribution < -0.4 is 22.3 Å². The largest absolute Gasteiger partial charge is 0.494 e. The summed E-state index contributed by atoms with van der Waals surface area (Å²) in [7, 11) is 0. The van der Waals surface area contributed by atoms with Crippen molar-refractivity contribution in [3.8, 4) is 5.88 Å². The van der Waals surface area contributed by atoms with Gasteiger partial charge in [-0.3, -0.25) is 29.4 Å². The van der Waals surface area contributed by atoms with E-state index >= 15 is 0 Å². The van der Waals surface area contributed by atoms with Gasteiger partial charge in [0.2, 0.25) is 5.88 Å². The molecule has 0 bridgehead atoms. The summed E-state index contributed by atoms with van der Waals surface area (Å²) >= 11 is 0. The van der Waals surface area contributed by atoms with Gasteiger partial charge in [-0.05, 0) is 50.4 Å². The Morgan fingerprint density at radius 2 is 1.82 bits per heavy atom. The van der Waals surface area contributed by atoms with Crippen molar-refractivity contribution >= 4 is 17.8 Å². The molecule has 2 aliphatic carbocycles. The molecular formula is C22H30N6O6. The SMILES string of the molecule is CCCn1c(O)c(C(=N)N)c(=O)n(C2CCC3(CC2)CC(N2C(=O)NC(=O)C24COC4)C3)c1=O. The van der Waals surface area contributed by atoms with Crippen molar-refractivity contribution in [3.63, 3.8) is 0 Å². The first-order chi connectivity index (χ1) is 16.1. The van der Waals surface area contributed by atoms with Crippen molar-refractivity contribution in [1.29, 1.82) is 5.41 Å². The molecule has 5 rings (SSSR count). The maximum Gasteiger partial charge on any atom is 0.334 e. The van der Waals surface area contributed by atoms with E-state index in [9.17, 15) is 24.3 Å². The third-order valence-corrected chi connectivity index (χ3v) is 8.15. The van der Waals surface area contributed by atoms with E-state index < -0.39 is 28.5 Å². The number of nitrogens with zero attached hydrogens (tertiary/aromatic N) is 3. The molecule has 1 aromatic heterocycles. The van der Waals surface area contributed by atoms with Crippen molar-refractivity contribution in [2.24, 2.45) is 11.1 Å². The minimum atomic E-state index is -0.868. The second-order valence-corrected chi connectivity index (χ2v) is 10.2. The van der Waals surface area contributed by atoms with Gasteiger partial charge in [-0.1, -0.05) is 6.92 Å². The number of hydrogen-bond donors (Lipinski definition) is 4. The molecule has 2 spiro atoms. The van der Waals surface area contributed by atoms with Gasteiger partial charge in [0.1, 0.15) is 11.4 Å². The maximum absolute atomic E-state index is 13.1. The van der Waals surface area contributed by atoms with Crippen LogP contribution in [0.4, 0.5) is 4.79 Å². The smallest absolute Gasteiger partial charge is 0.334 e. The fourth-order valence-electron chi connectivity index (χ4n) is 6.30. The van der Waals surface area contributed by atoms with Crippen LogP contribution in [0.2, 0.25) is 0 Å². The Morgan fingerprint density at radius 3 is 2.35 bits per heavy atom. The Labute approximate surface area is 195 Å². The topological polar surface area (TPSA) is 173 Å². The highest BCUT2D eigenvalue weighted by atomic mass is 16.5. The van der Waals surface area contributed by atoms with E-state index in [1.165, 1.54) is 0 Å². The van der Waals surface area contributed by atoms with E-state index in [4.69, 9.17) is 15.9 Å². The number of nitrogens with two attached hydrogens (primary N) is 1. The van der Waals surface area contributed by atoms with E-state index in [0.29, 0.717) is 19.3 Å². The number of amides is 3. The molecule has 3 amide bonds. The lowest BCUT2D eigenvalue weighted by molar-refractivity contribution is -0.167. The van der Waals surface area contributed by atoms with Crippen LogP contribution in [0.3, 0.4) is 0 Å². The fourth-order valence-corrected chi connectivity index (χ4v) is 6.30. The minimum Gasteiger partial charge on any atom is -0.494 e. The van der Waals surface area contributed by atoms with Crippen LogP contribution in [0.5, 0.6) is 5.88 Å². The van der Waals surface area contributed by atoms with Gasteiger partial charge in [0.15, 0.2) is 5.54 Å². The molecule has 184 valence electrons. The predicted octanol–water partition coefficient (Wildman–Crippen LogP) is -0.00563. The number of urea groups is 1. The summed E-state index contributed by atoms with van der Waals surface area (Å²) in [5.74, 6) is -1.41. The number of rotatable bonds is 5. The van der Waals surface area contributed by atoms with Crippen LogP contribution in [-0.2, 0) is 16.1 Å². The fraction of sp³-hybridized carbons (Fsp3) is 0.682. The number of aromatic hydroxyl groups is 1. The third kappa shape index (κ3) is 3.04. The van der Waals surface area contributed by atoms with Crippen LogP contribution in [0.25, 0.3) is 0 Å². The monoisotopic (exact) mass is 474 g/mol. The molecule has 0 unspecified atom stereocenters. The molecule has 34 heavy (non-hydrogen) atoms. The molecule has 4 aliphatic rings. The van der Waals surface area contributed by atoms with Gasteiger partial charge < -0.3 is 20.5 Å². The summed E-state index contributed by atoms with van der Waals surface area (Å²) in [4.78, 5) is 52.5. The molecule has 12 heteroatoms. The molecule has 2 aliphatic heterocycles. The highest BCUT2D eigenvalue weighted by Crippen LogP contribution is 2.56. The summed E-state index contributed by atoms with van der Waals surface area (Å²) in [5, 5.41) is 20.6. The van der Waals surface area contributed by atoms with Crippen LogP contribution in [0, 0.1) is 10.8 Å². The lowest BCUT2D eigenvalue weighted by Gasteiger charge is -2.57. The number of aromatic nitrogens is 2. The zero-order chi connectivity index (χ0) is 24.4. The molecule has 4 fully saturated rings. The molecule has 3 heterocycles. The van der Waals surface area contributed by atoms with Crippen LogP contribution >= 0.6 is 0 Å². The van der Waals surface area contributed by atoms with Crippen LogP contribution in [0.1, 0.15) is 63.5 Å². The Kier molecular flexibility index (Phi) is 5.12. The van der Waals surface area contributed by atoms with Crippen molar-refractivity contribution in [3.05, 3.63) is 26.4 Å². The van der Waals surface area contributed by atoms with Crippen molar-refractivity contribution in [2.75, 3.05) is 13.2 Å². The molecule has 0 atom stereocenters. The molecular weight excluding hydrogens is 444 g/mol. The third-order valence-electron chi connectivity index (χ3n) is 8.15. The average Bonchev–Trinajstić information content (AvgIpc) is 2.99. The van der Waals surface area contributed by atoms with E-state index in [1.54, 1.807) is 4.90 Å². The normalized spacial score (nSPS) is 29.7. The molecule has 2 saturated carbocycles. The summed E-state index contributed by atoms with van der Waals surface area (Å²) in [6.45, 7) is 2.51. The first-order valence-electron chi connectivity index (χ1n) is 11.8. The molecule has 5 N–H and O–H groups in total. The number of carbonyl (C=O) groups excluding carboxylic acids is 2. The number of hydrogen-bond acceptors (Lipinski definition) is 7. The zero-order valence-corrected chi connectivity index (χ0v) is 19.1. The van der Waals surface area contributed by atoms with Gasteiger partial charge in [-0.15, -0.1) is 0 Å². The Balaban J connectivity index is 1.34. The minimum absolute atomic E-state index is 0.00521. The molecule has 0 aromatic carbocycles. The van der Waals surface area contributed by atoms with Gasteiger partial charge in [0, 0.05) is 18.6 Å². The van der Waals surface area contributed by atoms with E-state index in [-0.39, 0.29) is 54.8 Å². The van der Waals surface area contributed by atoms with Crippen molar-refractivity contribution < 1.29 is 19.4 Å². The first-order valence-corrected chi connectivity index (χ1v) is 11.8. The summed E-state index contributed by atoms with van der Waals surface area (Å²) < 4.78 is 7.52. The first kappa shape index (κ1) is 22.6. The standard InChI is InChI=1S/C22H30N6O6/c1-2-7-26-16(29)14(15(23)24)17(30)27(20(26)33)12-3-5-21(6-4-12)8-13(9-21)28-19(32)25-18(31)22(28)10-34-11-22/h12-13,29H,2-11H2,1H3,(H3,23,24)(H,25,31,32). The summed E-state index contributed by atoms with van der Waals surface area (Å²) in [6, 6.07) is -0.741. The second kappa shape index (κ2) is 7.69. The van der Waals surface area contributed by atoms with Crippen LogP contribution in [-0.4, -0.2) is 61.7 Å². The summed E-state index contributed by atoms with van der Waals surface area (Å²) in [5.41, 5.74) is 3.05. The van der Waals surface area contributed by atoms with E-state index in [1.807, 2.05) is 6.92 Å². The number of carbonyl (C=O) groups is 2. The second-order valence-electron chi connectivity index (χ2n) is 10.2. The highest BCUT2D eigenvalue weighted by molar-refractivity contribution is 6.08. The molecule has 12 nitrogen and oxygen atoms in total. The van der Waals surface area contributed by atoms with Gasteiger partial charge in [-0.2, -0.15) is 0 Å². The number of amidine groups is 1. The molecule has 2 saturated heterocycles. The van der Waals surface area contributed by atoms with Crippen molar-refractivity contribution in [1.82, 2.24) is 19.4 Å². The quantitative estimate of drug-likeness (QED) is 0.264. The number of imide groups is 1. The van der Waals surface area contributed by atoms with E-state index in [0.717, 1.165) is 34.8 Å².